The molecule has 100 valence electrons. The second kappa shape index (κ2) is 5.00. The van der Waals surface area contributed by atoms with E-state index in [4.69, 9.17) is 15.3 Å². The van der Waals surface area contributed by atoms with E-state index in [0.717, 1.165) is 0 Å². The standard InChI is InChI=1S/C9H12N2O7/c12-5(13)2-10-7(16)4-1-9(4,8(17)18)11-3-6(14)15/h4,11H,1-3H2,(H,10,16)(H,12,13)(H,14,15)(H,17,18). The third-order valence-electron chi connectivity index (χ3n) is 2.63. The maximum atomic E-state index is 11.4. The Hall–Kier alpha value is -2.16. The van der Waals surface area contributed by atoms with Crippen molar-refractivity contribution >= 4 is 23.8 Å². The van der Waals surface area contributed by atoms with Gasteiger partial charge in [-0.1, -0.05) is 0 Å². The van der Waals surface area contributed by atoms with Crippen molar-refractivity contribution in [3.8, 4) is 0 Å². The van der Waals surface area contributed by atoms with Gasteiger partial charge < -0.3 is 20.6 Å². The van der Waals surface area contributed by atoms with Gasteiger partial charge in [0.2, 0.25) is 5.91 Å². The topological polar surface area (TPSA) is 153 Å². The molecule has 0 saturated heterocycles. The molecule has 0 radical (unpaired) electrons. The molecule has 9 nitrogen and oxygen atoms in total. The maximum Gasteiger partial charge on any atom is 0.324 e. The molecule has 1 rings (SSSR count). The van der Waals surface area contributed by atoms with Gasteiger partial charge in [-0.2, -0.15) is 0 Å². The summed E-state index contributed by atoms with van der Waals surface area (Å²) in [6.45, 7) is -1.20. The van der Waals surface area contributed by atoms with Gasteiger partial charge >= 0.3 is 17.9 Å². The van der Waals surface area contributed by atoms with Gasteiger partial charge in [-0.25, -0.2) is 0 Å². The van der Waals surface area contributed by atoms with E-state index < -0.39 is 48.4 Å². The first-order valence-electron chi connectivity index (χ1n) is 4.99. The Kier molecular flexibility index (Phi) is 3.86. The number of carbonyl (C=O) groups excluding carboxylic acids is 1. The van der Waals surface area contributed by atoms with Crippen LogP contribution in [0.1, 0.15) is 6.42 Å². The van der Waals surface area contributed by atoms with Gasteiger partial charge in [0.15, 0.2) is 0 Å². The highest BCUT2D eigenvalue weighted by Crippen LogP contribution is 2.43. The average molecular weight is 260 g/mol. The number of nitrogens with one attached hydrogen (secondary N) is 2. The fraction of sp³-hybridized carbons (Fsp3) is 0.556. The fourth-order valence-corrected chi connectivity index (χ4v) is 1.61. The Morgan fingerprint density at radius 2 is 1.61 bits per heavy atom. The lowest BCUT2D eigenvalue weighted by Crippen LogP contribution is -2.46. The van der Waals surface area contributed by atoms with E-state index in [0.29, 0.717) is 0 Å². The molecule has 1 amide bonds. The van der Waals surface area contributed by atoms with E-state index in [1.807, 2.05) is 0 Å². The molecule has 2 unspecified atom stereocenters. The lowest BCUT2D eigenvalue weighted by Gasteiger charge is -2.12. The molecule has 1 saturated carbocycles. The normalized spacial score (nSPS) is 25.2. The SMILES string of the molecule is O=C(O)CNC(=O)C1CC1(NCC(=O)O)C(=O)O. The number of carboxylic acids is 3. The monoisotopic (exact) mass is 260 g/mol. The number of hydrogen-bond acceptors (Lipinski definition) is 5. The molecule has 0 aromatic heterocycles. The predicted octanol–water partition coefficient (Wildman–Crippen LogP) is -2.30. The maximum absolute atomic E-state index is 11.4. The fourth-order valence-electron chi connectivity index (χ4n) is 1.61. The van der Waals surface area contributed by atoms with Crippen LogP contribution in [0.15, 0.2) is 0 Å². The highest BCUT2D eigenvalue weighted by molar-refractivity contribution is 5.97. The zero-order valence-electron chi connectivity index (χ0n) is 9.17. The lowest BCUT2D eigenvalue weighted by molar-refractivity contribution is -0.143. The van der Waals surface area contributed by atoms with Gasteiger partial charge in [0.1, 0.15) is 12.1 Å². The minimum absolute atomic E-state index is 0.0684. The van der Waals surface area contributed by atoms with Crippen LogP contribution in [0.25, 0.3) is 0 Å². The summed E-state index contributed by atoms with van der Waals surface area (Å²) in [6, 6.07) is 0. The number of carbonyl (C=O) groups is 4. The van der Waals surface area contributed by atoms with Crippen molar-refractivity contribution < 1.29 is 34.5 Å². The second-order valence-electron chi connectivity index (χ2n) is 3.89. The smallest absolute Gasteiger partial charge is 0.324 e. The lowest BCUT2D eigenvalue weighted by atomic mass is 10.2. The Bertz CT molecular complexity index is 408. The minimum Gasteiger partial charge on any atom is -0.480 e. The predicted molar refractivity (Wildman–Crippen MR) is 54.8 cm³/mol. The molecule has 1 fully saturated rings. The molecule has 1 aliphatic rings. The van der Waals surface area contributed by atoms with Crippen LogP contribution in [0.2, 0.25) is 0 Å². The van der Waals surface area contributed by atoms with Crippen LogP contribution in [0.4, 0.5) is 0 Å². The molecule has 1 aliphatic carbocycles. The van der Waals surface area contributed by atoms with Crippen molar-refractivity contribution in [2.24, 2.45) is 5.92 Å². The summed E-state index contributed by atoms with van der Waals surface area (Å²) >= 11 is 0. The second-order valence-corrected chi connectivity index (χ2v) is 3.89. The average Bonchev–Trinajstić information content (AvgIpc) is 2.99. The van der Waals surface area contributed by atoms with Crippen LogP contribution in [0.3, 0.4) is 0 Å². The Balaban J connectivity index is 2.58. The summed E-state index contributed by atoms with van der Waals surface area (Å²) in [6.07, 6.45) is -0.0684. The summed E-state index contributed by atoms with van der Waals surface area (Å²) in [5, 5.41) is 30.1. The molecule has 0 bridgehead atoms. The van der Waals surface area contributed by atoms with E-state index in [1.54, 1.807) is 0 Å². The molecule has 9 heteroatoms. The molecular formula is C9H12N2O7. The summed E-state index contributed by atoms with van der Waals surface area (Å²) in [5.74, 6) is -5.51. The number of hydrogen-bond donors (Lipinski definition) is 5. The first-order valence-corrected chi connectivity index (χ1v) is 4.99. The van der Waals surface area contributed by atoms with E-state index in [9.17, 15) is 19.2 Å². The zero-order chi connectivity index (χ0) is 13.9. The van der Waals surface area contributed by atoms with Gasteiger partial charge in [0.05, 0.1) is 12.5 Å². The molecule has 0 spiro atoms. The molecule has 0 aromatic carbocycles. The van der Waals surface area contributed by atoms with Crippen LogP contribution in [0, 0.1) is 5.92 Å². The highest BCUT2D eigenvalue weighted by atomic mass is 16.4. The summed E-state index contributed by atoms with van der Waals surface area (Å²) in [7, 11) is 0. The van der Waals surface area contributed by atoms with Crippen molar-refractivity contribution in [3.63, 3.8) is 0 Å². The Labute approximate surface area is 101 Å². The molecule has 0 aromatic rings. The zero-order valence-corrected chi connectivity index (χ0v) is 9.17. The van der Waals surface area contributed by atoms with Gasteiger partial charge in [0, 0.05) is 0 Å². The molecular weight excluding hydrogens is 248 g/mol. The van der Waals surface area contributed by atoms with Crippen molar-refractivity contribution in [2.45, 2.75) is 12.0 Å². The first kappa shape index (κ1) is 13.9. The number of amides is 1. The van der Waals surface area contributed by atoms with Crippen LogP contribution in [-0.2, 0) is 19.2 Å². The van der Waals surface area contributed by atoms with E-state index in [-0.39, 0.29) is 6.42 Å². The van der Waals surface area contributed by atoms with Crippen molar-refractivity contribution in [1.82, 2.24) is 10.6 Å². The van der Waals surface area contributed by atoms with Gasteiger partial charge in [-0.05, 0) is 6.42 Å². The quantitative estimate of drug-likeness (QED) is 0.342. The van der Waals surface area contributed by atoms with Gasteiger partial charge in [0.25, 0.3) is 0 Å². The van der Waals surface area contributed by atoms with Crippen LogP contribution in [0.5, 0.6) is 0 Å². The molecule has 0 heterocycles. The number of carboxylic acid groups (broad SMARTS) is 3. The van der Waals surface area contributed by atoms with Crippen LogP contribution in [-0.4, -0.2) is 57.8 Å². The third kappa shape index (κ3) is 2.94. The highest BCUT2D eigenvalue weighted by Gasteiger charge is 2.64. The molecule has 2 atom stereocenters. The van der Waals surface area contributed by atoms with Gasteiger partial charge in [-0.15, -0.1) is 0 Å². The Morgan fingerprint density at radius 3 is 2.06 bits per heavy atom. The van der Waals surface area contributed by atoms with E-state index in [1.165, 1.54) is 0 Å². The van der Waals surface area contributed by atoms with Crippen molar-refractivity contribution in [1.29, 1.82) is 0 Å². The molecule has 0 aliphatic heterocycles. The van der Waals surface area contributed by atoms with E-state index in [2.05, 4.69) is 10.6 Å². The van der Waals surface area contributed by atoms with Crippen LogP contribution >= 0.6 is 0 Å². The first-order chi connectivity index (χ1) is 8.29. The van der Waals surface area contributed by atoms with Crippen molar-refractivity contribution in [2.75, 3.05) is 13.1 Å². The molecule has 18 heavy (non-hydrogen) atoms. The minimum atomic E-state index is -1.61. The largest absolute Gasteiger partial charge is 0.480 e. The Morgan fingerprint density at radius 1 is 1.06 bits per heavy atom. The summed E-state index contributed by atoms with van der Waals surface area (Å²) < 4.78 is 0. The van der Waals surface area contributed by atoms with E-state index >= 15 is 0 Å². The molecule has 5 N–H and O–H groups in total. The number of aliphatic carboxylic acids is 3. The summed E-state index contributed by atoms with van der Waals surface area (Å²) in [5.41, 5.74) is -1.61. The van der Waals surface area contributed by atoms with Crippen molar-refractivity contribution in [3.05, 3.63) is 0 Å². The van der Waals surface area contributed by atoms with Gasteiger partial charge in [-0.3, -0.25) is 24.5 Å². The third-order valence-corrected chi connectivity index (χ3v) is 2.63. The van der Waals surface area contributed by atoms with Crippen LogP contribution < -0.4 is 10.6 Å². The number of rotatable bonds is 7. The summed E-state index contributed by atoms with van der Waals surface area (Å²) in [4.78, 5) is 43.0.